The van der Waals surface area contributed by atoms with E-state index in [9.17, 15) is 9.90 Å². The minimum Gasteiger partial charge on any atom is -0.505 e. The summed E-state index contributed by atoms with van der Waals surface area (Å²) in [4.78, 5) is 16.2. The summed E-state index contributed by atoms with van der Waals surface area (Å²) in [6.45, 7) is 0.501. The van der Waals surface area contributed by atoms with Crippen molar-refractivity contribution < 1.29 is 9.90 Å². The first-order chi connectivity index (χ1) is 9.11. The van der Waals surface area contributed by atoms with Crippen LogP contribution in [0.25, 0.3) is 0 Å². The maximum atomic E-state index is 12.0. The van der Waals surface area contributed by atoms with Crippen LogP contribution in [0, 0.1) is 0 Å². The lowest BCUT2D eigenvalue weighted by Crippen LogP contribution is -2.13. The second kappa shape index (κ2) is 6.14. The fourth-order valence-corrected chi connectivity index (χ4v) is 2.62. The second-order valence-corrected chi connectivity index (χ2v) is 5.55. The predicted octanol–water partition coefficient (Wildman–Crippen LogP) is 2.36. The van der Waals surface area contributed by atoms with E-state index in [4.69, 9.17) is 5.73 Å². The van der Waals surface area contributed by atoms with E-state index in [-0.39, 0.29) is 11.7 Å². The van der Waals surface area contributed by atoms with Crippen LogP contribution in [-0.2, 0) is 6.42 Å². The molecule has 7 heteroatoms. The van der Waals surface area contributed by atoms with Crippen molar-refractivity contribution in [2.45, 2.75) is 6.42 Å². The van der Waals surface area contributed by atoms with Gasteiger partial charge in [-0.25, -0.2) is 4.98 Å². The lowest BCUT2D eigenvalue weighted by Gasteiger charge is -2.06. The van der Waals surface area contributed by atoms with Crippen molar-refractivity contribution in [3.8, 4) is 5.75 Å². The number of phenols is 1. The SMILES string of the molecule is NCCc1nc(C(=O)Nc2cccc(Br)c2O)cs1. The van der Waals surface area contributed by atoms with Crippen LogP contribution >= 0.6 is 27.3 Å². The molecule has 0 atom stereocenters. The number of nitrogens with two attached hydrogens (primary N) is 1. The molecule has 19 heavy (non-hydrogen) atoms. The summed E-state index contributed by atoms with van der Waals surface area (Å²) >= 11 is 4.58. The van der Waals surface area contributed by atoms with Crippen LogP contribution in [0.2, 0.25) is 0 Å². The van der Waals surface area contributed by atoms with Crippen molar-refractivity contribution in [2.75, 3.05) is 11.9 Å². The number of phenolic OH excluding ortho intramolecular Hbond substituents is 1. The standard InChI is InChI=1S/C12H12BrN3O2S/c13-7-2-1-3-8(11(7)17)16-12(18)9-6-19-10(15-9)4-5-14/h1-3,6,17H,4-5,14H2,(H,16,18). The Morgan fingerprint density at radius 2 is 2.32 bits per heavy atom. The molecular weight excluding hydrogens is 330 g/mol. The van der Waals surface area contributed by atoms with Crippen molar-refractivity contribution in [2.24, 2.45) is 5.73 Å². The van der Waals surface area contributed by atoms with E-state index in [1.54, 1.807) is 23.6 Å². The highest BCUT2D eigenvalue weighted by Crippen LogP contribution is 2.31. The highest BCUT2D eigenvalue weighted by Gasteiger charge is 2.13. The average Bonchev–Trinajstić information content (AvgIpc) is 2.84. The Bertz CT molecular complexity index is 600. The molecule has 2 rings (SSSR count). The maximum absolute atomic E-state index is 12.0. The molecule has 1 heterocycles. The monoisotopic (exact) mass is 341 g/mol. The molecule has 1 aromatic heterocycles. The molecule has 0 fully saturated rings. The Hall–Kier alpha value is -1.44. The van der Waals surface area contributed by atoms with Crippen molar-refractivity contribution >= 4 is 38.9 Å². The third kappa shape index (κ3) is 3.31. The molecule has 4 N–H and O–H groups in total. The summed E-state index contributed by atoms with van der Waals surface area (Å²) in [6, 6.07) is 5.03. The Kier molecular flexibility index (Phi) is 4.52. The molecular formula is C12H12BrN3O2S. The summed E-state index contributed by atoms with van der Waals surface area (Å²) in [7, 11) is 0. The number of thiazole rings is 1. The van der Waals surface area contributed by atoms with Gasteiger partial charge in [0.25, 0.3) is 5.91 Å². The number of para-hydroxylation sites is 1. The average molecular weight is 342 g/mol. The lowest BCUT2D eigenvalue weighted by atomic mass is 10.3. The molecule has 1 aromatic carbocycles. The van der Waals surface area contributed by atoms with Gasteiger partial charge in [0.1, 0.15) is 5.69 Å². The van der Waals surface area contributed by atoms with E-state index < -0.39 is 0 Å². The largest absolute Gasteiger partial charge is 0.505 e. The third-order valence-electron chi connectivity index (χ3n) is 2.38. The summed E-state index contributed by atoms with van der Waals surface area (Å²) in [5.41, 5.74) is 6.10. The van der Waals surface area contributed by atoms with Gasteiger partial charge in [-0.3, -0.25) is 4.79 Å². The minimum atomic E-state index is -0.354. The number of nitrogens with zero attached hydrogens (tertiary/aromatic N) is 1. The fourth-order valence-electron chi connectivity index (χ4n) is 1.46. The van der Waals surface area contributed by atoms with E-state index in [2.05, 4.69) is 26.2 Å². The molecule has 0 saturated carbocycles. The molecule has 0 radical (unpaired) electrons. The Balaban J connectivity index is 2.14. The molecule has 5 nitrogen and oxygen atoms in total. The number of carbonyl (C=O) groups excluding carboxylic acids is 1. The highest BCUT2D eigenvalue weighted by atomic mass is 79.9. The van der Waals surface area contributed by atoms with Crippen LogP contribution < -0.4 is 11.1 Å². The number of hydrogen-bond donors (Lipinski definition) is 3. The third-order valence-corrected chi connectivity index (χ3v) is 3.93. The molecule has 1 amide bonds. The van der Waals surface area contributed by atoms with Crippen molar-refractivity contribution in [1.29, 1.82) is 0 Å². The molecule has 0 aliphatic rings. The fraction of sp³-hybridized carbons (Fsp3) is 0.167. The molecule has 0 bridgehead atoms. The number of aromatic hydroxyl groups is 1. The van der Waals surface area contributed by atoms with Crippen LogP contribution in [0.5, 0.6) is 5.75 Å². The maximum Gasteiger partial charge on any atom is 0.275 e. The normalized spacial score (nSPS) is 10.4. The Morgan fingerprint density at radius 3 is 3.05 bits per heavy atom. The Labute approximate surface area is 122 Å². The number of benzene rings is 1. The number of halogens is 1. The van der Waals surface area contributed by atoms with Crippen LogP contribution in [-0.4, -0.2) is 22.5 Å². The zero-order valence-electron chi connectivity index (χ0n) is 9.89. The molecule has 2 aromatic rings. The first-order valence-electron chi connectivity index (χ1n) is 5.55. The van der Waals surface area contributed by atoms with E-state index in [1.807, 2.05) is 0 Å². The summed E-state index contributed by atoms with van der Waals surface area (Å²) in [5.74, 6) is -0.360. The molecule has 0 unspecified atom stereocenters. The number of anilines is 1. The predicted molar refractivity (Wildman–Crippen MR) is 78.6 cm³/mol. The number of aromatic nitrogens is 1. The molecule has 100 valence electrons. The van der Waals surface area contributed by atoms with Crippen molar-refractivity contribution in [3.05, 3.63) is 38.8 Å². The van der Waals surface area contributed by atoms with Crippen LogP contribution in [0.3, 0.4) is 0 Å². The van der Waals surface area contributed by atoms with Gasteiger partial charge in [0.15, 0.2) is 5.75 Å². The quantitative estimate of drug-likeness (QED) is 0.745. The summed E-state index contributed by atoms with van der Waals surface area (Å²) in [6.07, 6.45) is 0.653. The molecule has 0 spiro atoms. The van der Waals surface area contributed by atoms with E-state index in [0.29, 0.717) is 28.8 Å². The molecule has 0 aliphatic heterocycles. The number of hydrogen-bond acceptors (Lipinski definition) is 5. The van der Waals surface area contributed by atoms with E-state index >= 15 is 0 Å². The second-order valence-electron chi connectivity index (χ2n) is 3.76. The van der Waals surface area contributed by atoms with Crippen LogP contribution in [0.4, 0.5) is 5.69 Å². The number of amides is 1. The number of rotatable bonds is 4. The number of carbonyl (C=O) groups is 1. The van der Waals surface area contributed by atoms with Crippen molar-refractivity contribution in [1.82, 2.24) is 4.98 Å². The summed E-state index contributed by atoms with van der Waals surface area (Å²) in [5, 5.41) is 14.9. The zero-order chi connectivity index (χ0) is 13.8. The first-order valence-corrected chi connectivity index (χ1v) is 7.22. The number of nitrogens with one attached hydrogen (secondary N) is 1. The topological polar surface area (TPSA) is 88.2 Å². The van der Waals surface area contributed by atoms with E-state index in [1.165, 1.54) is 11.3 Å². The van der Waals surface area contributed by atoms with Gasteiger partial charge in [-0.1, -0.05) is 6.07 Å². The molecule has 0 saturated heterocycles. The van der Waals surface area contributed by atoms with Gasteiger partial charge in [0.2, 0.25) is 0 Å². The van der Waals surface area contributed by atoms with Crippen LogP contribution in [0.15, 0.2) is 28.1 Å². The van der Waals surface area contributed by atoms with Crippen LogP contribution in [0.1, 0.15) is 15.5 Å². The van der Waals surface area contributed by atoms with Gasteiger partial charge >= 0.3 is 0 Å². The smallest absolute Gasteiger partial charge is 0.275 e. The highest BCUT2D eigenvalue weighted by molar-refractivity contribution is 9.10. The Morgan fingerprint density at radius 1 is 1.53 bits per heavy atom. The zero-order valence-corrected chi connectivity index (χ0v) is 12.3. The van der Waals surface area contributed by atoms with Gasteiger partial charge < -0.3 is 16.2 Å². The van der Waals surface area contributed by atoms with Crippen molar-refractivity contribution in [3.63, 3.8) is 0 Å². The summed E-state index contributed by atoms with van der Waals surface area (Å²) < 4.78 is 0.521. The lowest BCUT2D eigenvalue weighted by molar-refractivity contribution is 0.102. The molecule has 0 aliphatic carbocycles. The van der Waals surface area contributed by atoms with Gasteiger partial charge in [0, 0.05) is 11.8 Å². The van der Waals surface area contributed by atoms with Gasteiger partial charge in [-0.2, -0.15) is 0 Å². The minimum absolute atomic E-state index is 0.00624. The first kappa shape index (κ1) is 14.0. The van der Waals surface area contributed by atoms with Gasteiger partial charge in [-0.05, 0) is 34.6 Å². The van der Waals surface area contributed by atoms with Gasteiger partial charge in [-0.15, -0.1) is 11.3 Å². The van der Waals surface area contributed by atoms with E-state index in [0.717, 1.165) is 5.01 Å². The van der Waals surface area contributed by atoms with Gasteiger partial charge in [0.05, 0.1) is 15.2 Å².